The molecule has 1 N–H and O–H groups in total. The number of amides is 1. The van der Waals surface area contributed by atoms with Crippen LogP contribution in [0.2, 0.25) is 0 Å². The molecule has 2 atom stereocenters. The molecule has 0 bridgehead atoms. The van der Waals surface area contributed by atoms with Gasteiger partial charge in [-0.3, -0.25) is 4.79 Å². The predicted molar refractivity (Wildman–Crippen MR) is 84.1 cm³/mol. The van der Waals surface area contributed by atoms with Crippen LogP contribution in [0.15, 0.2) is 22.7 Å². The lowest BCUT2D eigenvalue weighted by atomic mass is 9.80. The highest BCUT2D eigenvalue weighted by atomic mass is 79.9. The zero-order chi connectivity index (χ0) is 18.6. The van der Waals surface area contributed by atoms with Crippen LogP contribution < -0.4 is 10.1 Å². The molecule has 25 heavy (non-hydrogen) atoms. The average Bonchev–Trinajstić information content (AvgIpc) is 2.53. The van der Waals surface area contributed by atoms with Gasteiger partial charge in [0, 0.05) is 22.5 Å². The molecule has 0 spiro atoms. The van der Waals surface area contributed by atoms with Crippen molar-refractivity contribution in [1.82, 2.24) is 5.32 Å². The van der Waals surface area contributed by atoms with E-state index in [9.17, 15) is 26.7 Å². The molecule has 0 radical (unpaired) electrons. The van der Waals surface area contributed by atoms with Gasteiger partial charge in [-0.25, -0.2) is 0 Å². The van der Waals surface area contributed by atoms with Crippen molar-refractivity contribution in [2.45, 2.75) is 45.0 Å². The van der Waals surface area contributed by atoms with Crippen molar-refractivity contribution in [2.75, 3.05) is 0 Å². The van der Waals surface area contributed by atoms with Crippen LogP contribution in [0.5, 0.6) is 5.75 Å². The molecule has 0 aliphatic heterocycles. The third kappa shape index (κ3) is 5.83. The van der Waals surface area contributed by atoms with Crippen LogP contribution >= 0.6 is 15.9 Å². The average molecular weight is 430 g/mol. The van der Waals surface area contributed by atoms with Crippen LogP contribution in [0.25, 0.3) is 0 Å². The number of rotatable bonds is 5. The minimum atomic E-state index is -4.30. The van der Waals surface area contributed by atoms with Crippen molar-refractivity contribution in [3.63, 3.8) is 0 Å². The molecule has 1 aromatic carbocycles. The van der Waals surface area contributed by atoms with E-state index < -0.39 is 30.5 Å². The van der Waals surface area contributed by atoms with E-state index in [1.54, 1.807) is 0 Å². The third-order valence-electron chi connectivity index (χ3n) is 4.20. The van der Waals surface area contributed by atoms with Gasteiger partial charge in [0.15, 0.2) is 0 Å². The van der Waals surface area contributed by atoms with Gasteiger partial charge in [-0.05, 0) is 37.5 Å². The fourth-order valence-electron chi connectivity index (χ4n) is 2.95. The molecule has 9 heteroatoms. The molecule has 1 aliphatic rings. The Morgan fingerprint density at radius 2 is 2.04 bits per heavy atom. The number of carbonyl (C=O) groups excluding carboxylic acids is 1. The molecule has 2 unspecified atom stereocenters. The monoisotopic (exact) mass is 429 g/mol. The highest BCUT2D eigenvalue weighted by Gasteiger charge is 2.43. The zero-order valence-corrected chi connectivity index (χ0v) is 14.7. The lowest BCUT2D eigenvalue weighted by Gasteiger charge is -2.29. The lowest BCUT2D eigenvalue weighted by molar-refractivity contribution is -0.186. The summed E-state index contributed by atoms with van der Waals surface area (Å²) in [5.74, 6) is -2.79. The van der Waals surface area contributed by atoms with Crippen LogP contribution in [0.4, 0.5) is 22.0 Å². The summed E-state index contributed by atoms with van der Waals surface area (Å²) in [5.41, 5.74) is 0.311. The molecule has 0 aromatic heterocycles. The van der Waals surface area contributed by atoms with E-state index in [1.807, 2.05) is 0 Å². The Morgan fingerprint density at radius 3 is 2.68 bits per heavy atom. The SMILES string of the molecule is O=C(NCc1cc(Br)ccc1OC(F)F)C1CCCC(C(F)(F)F)C1. The number of ether oxygens (including phenoxy) is 1. The molecule has 1 aliphatic carbocycles. The van der Waals surface area contributed by atoms with Gasteiger partial charge in [0.1, 0.15) is 5.75 Å². The van der Waals surface area contributed by atoms with Crippen LogP contribution in [0.1, 0.15) is 31.2 Å². The predicted octanol–water partition coefficient (Wildman–Crippen LogP) is 5.04. The second-order valence-corrected chi connectivity index (χ2v) is 6.87. The Hall–Kier alpha value is -1.38. The van der Waals surface area contributed by atoms with Gasteiger partial charge in [0.05, 0.1) is 5.92 Å². The van der Waals surface area contributed by atoms with E-state index in [0.29, 0.717) is 22.9 Å². The number of carbonyl (C=O) groups is 1. The minimum Gasteiger partial charge on any atom is -0.434 e. The summed E-state index contributed by atoms with van der Waals surface area (Å²) < 4.78 is 68.3. The van der Waals surface area contributed by atoms with E-state index in [2.05, 4.69) is 26.0 Å². The summed E-state index contributed by atoms with van der Waals surface area (Å²) in [7, 11) is 0. The summed E-state index contributed by atoms with van der Waals surface area (Å²) in [6, 6.07) is 4.35. The van der Waals surface area contributed by atoms with Crippen LogP contribution in [-0.4, -0.2) is 18.7 Å². The molecule has 0 heterocycles. The summed E-state index contributed by atoms with van der Waals surface area (Å²) in [4.78, 5) is 12.2. The largest absolute Gasteiger partial charge is 0.434 e. The molecule has 1 saturated carbocycles. The summed E-state index contributed by atoms with van der Waals surface area (Å²) >= 11 is 3.20. The highest BCUT2D eigenvalue weighted by Crippen LogP contribution is 2.40. The van der Waals surface area contributed by atoms with Crippen molar-refractivity contribution in [3.8, 4) is 5.75 Å². The first kappa shape index (κ1) is 19.9. The lowest BCUT2D eigenvalue weighted by Crippen LogP contribution is -2.37. The van der Waals surface area contributed by atoms with Crippen molar-refractivity contribution in [2.24, 2.45) is 11.8 Å². The Morgan fingerprint density at radius 1 is 1.32 bits per heavy atom. The molecule has 0 saturated heterocycles. The standard InChI is InChI=1S/C16H17BrF5NO2/c17-12-4-5-13(25-15(18)19)10(7-12)8-23-14(24)9-2-1-3-11(6-9)16(20,21)22/h4-5,7,9,11,15H,1-3,6,8H2,(H,23,24). The normalized spacial score (nSPS) is 21.2. The zero-order valence-electron chi connectivity index (χ0n) is 13.1. The Balaban J connectivity index is 1.99. The number of alkyl halides is 5. The Kier molecular flexibility index (Phi) is 6.65. The van der Waals surface area contributed by atoms with Crippen molar-refractivity contribution >= 4 is 21.8 Å². The Labute approximate surface area is 150 Å². The quantitative estimate of drug-likeness (QED) is 0.666. The second kappa shape index (κ2) is 8.33. The number of nitrogens with one attached hydrogen (secondary N) is 1. The minimum absolute atomic E-state index is 0.0330. The van der Waals surface area contributed by atoms with Gasteiger partial charge in [-0.1, -0.05) is 22.4 Å². The molecular weight excluding hydrogens is 413 g/mol. The number of hydrogen-bond donors (Lipinski definition) is 1. The smallest absolute Gasteiger partial charge is 0.391 e. The van der Waals surface area contributed by atoms with Gasteiger partial charge in [0.2, 0.25) is 5.91 Å². The van der Waals surface area contributed by atoms with E-state index in [-0.39, 0.29) is 25.1 Å². The first-order chi connectivity index (χ1) is 11.7. The van der Waals surface area contributed by atoms with E-state index in [4.69, 9.17) is 0 Å². The fourth-order valence-corrected chi connectivity index (χ4v) is 3.36. The molecule has 140 valence electrons. The maximum absolute atomic E-state index is 12.8. The summed E-state index contributed by atoms with van der Waals surface area (Å²) in [6.07, 6.45) is -3.79. The van der Waals surface area contributed by atoms with Gasteiger partial charge in [-0.2, -0.15) is 22.0 Å². The van der Waals surface area contributed by atoms with Gasteiger partial charge in [-0.15, -0.1) is 0 Å². The van der Waals surface area contributed by atoms with Crippen molar-refractivity contribution in [3.05, 3.63) is 28.2 Å². The van der Waals surface area contributed by atoms with Gasteiger partial charge in [0.25, 0.3) is 0 Å². The van der Waals surface area contributed by atoms with E-state index in [0.717, 1.165) is 0 Å². The van der Waals surface area contributed by atoms with Crippen LogP contribution in [-0.2, 0) is 11.3 Å². The molecule has 1 aromatic rings. The molecule has 2 rings (SSSR count). The number of hydrogen-bond acceptors (Lipinski definition) is 2. The molecule has 3 nitrogen and oxygen atoms in total. The third-order valence-corrected chi connectivity index (χ3v) is 4.69. The second-order valence-electron chi connectivity index (χ2n) is 5.95. The first-order valence-electron chi connectivity index (χ1n) is 7.74. The van der Waals surface area contributed by atoms with Crippen molar-refractivity contribution < 1.29 is 31.5 Å². The maximum Gasteiger partial charge on any atom is 0.391 e. The molecular formula is C16H17BrF5NO2. The summed E-state index contributed by atoms with van der Waals surface area (Å²) in [5, 5.41) is 2.53. The Bertz CT molecular complexity index is 609. The first-order valence-corrected chi connectivity index (χ1v) is 8.53. The van der Waals surface area contributed by atoms with E-state index in [1.165, 1.54) is 18.2 Å². The molecule has 1 fully saturated rings. The highest BCUT2D eigenvalue weighted by molar-refractivity contribution is 9.10. The fraction of sp³-hybridized carbons (Fsp3) is 0.562. The van der Waals surface area contributed by atoms with E-state index >= 15 is 0 Å². The van der Waals surface area contributed by atoms with Gasteiger partial charge < -0.3 is 10.1 Å². The van der Waals surface area contributed by atoms with Crippen molar-refractivity contribution in [1.29, 1.82) is 0 Å². The number of halogens is 6. The topological polar surface area (TPSA) is 38.3 Å². The molecule has 1 amide bonds. The number of benzene rings is 1. The van der Waals surface area contributed by atoms with Crippen LogP contribution in [0, 0.1) is 11.8 Å². The summed E-state index contributed by atoms with van der Waals surface area (Å²) in [6.45, 7) is -3.12. The van der Waals surface area contributed by atoms with Crippen LogP contribution in [0.3, 0.4) is 0 Å². The maximum atomic E-state index is 12.8. The van der Waals surface area contributed by atoms with Gasteiger partial charge >= 0.3 is 12.8 Å².